The molecule has 5 heteroatoms. The van der Waals surface area contributed by atoms with Crippen LogP contribution in [-0.2, 0) is 25.3 Å². The summed E-state index contributed by atoms with van der Waals surface area (Å²) in [7, 11) is -2.02. The van der Waals surface area contributed by atoms with Gasteiger partial charge in [0.25, 0.3) is 0 Å². The highest BCUT2D eigenvalue weighted by Gasteiger charge is 2.42. The fraction of sp³-hybridized carbons (Fsp3) is 0.741. The Morgan fingerprint density at radius 2 is 1.59 bits per heavy atom. The molecular formula is C27H48O4Si. The van der Waals surface area contributed by atoms with Crippen LogP contribution in [0.5, 0.6) is 0 Å². The van der Waals surface area contributed by atoms with E-state index < -0.39 is 8.32 Å². The molecule has 0 saturated heterocycles. The Bertz CT molecular complexity index is 664. The van der Waals surface area contributed by atoms with Gasteiger partial charge in [0.15, 0.2) is 8.32 Å². The topological polar surface area (TPSA) is 44.8 Å². The molecule has 32 heavy (non-hydrogen) atoms. The molecule has 0 N–H and O–H groups in total. The molecule has 1 rings (SSSR count). The van der Waals surface area contributed by atoms with Crippen LogP contribution in [0.4, 0.5) is 0 Å². The summed E-state index contributed by atoms with van der Waals surface area (Å²) in [4.78, 5) is 12.8. The minimum Gasteiger partial charge on any atom is -0.466 e. The molecule has 0 aliphatic carbocycles. The maximum atomic E-state index is 12.8. The Kier molecular flexibility index (Phi) is 11.6. The molecule has 0 fully saturated rings. The van der Waals surface area contributed by atoms with Crippen LogP contribution in [0.2, 0.25) is 18.1 Å². The molecule has 184 valence electrons. The van der Waals surface area contributed by atoms with Gasteiger partial charge in [-0.15, -0.1) is 0 Å². The second-order valence-corrected chi connectivity index (χ2v) is 16.0. The van der Waals surface area contributed by atoms with Gasteiger partial charge in [0.05, 0.1) is 31.3 Å². The predicted octanol–water partition coefficient (Wildman–Crippen LogP) is 7.23. The average Bonchev–Trinajstić information content (AvgIpc) is 2.68. The van der Waals surface area contributed by atoms with E-state index in [-0.39, 0.29) is 35.1 Å². The summed E-state index contributed by atoms with van der Waals surface area (Å²) in [6, 6.07) is 10.2. The van der Waals surface area contributed by atoms with Crippen LogP contribution in [0, 0.1) is 17.8 Å². The Labute approximate surface area is 198 Å². The highest BCUT2D eigenvalue weighted by Crippen LogP contribution is 2.39. The number of esters is 1. The monoisotopic (exact) mass is 464 g/mol. The molecule has 0 aliphatic rings. The first-order chi connectivity index (χ1) is 14.8. The molecule has 0 bridgehead atoms. The Morgan fingerprint density at radius 3 is 2.06 bits per heavy atom. The van der Waals surface area contributed by atoms with Gasteiger partial charge in [-0.25, -0.2) is 0 Å². The maximum Gasteiger partial charge on any atom is 0.309 e. The minimum absolute atomic E-state index is 0.0799. The summed E-state index contributed by atoms with van der Waals surface area (Å²) < 4.78 is 18.9. The van der Waals surface area contributed by atoms with Crippen LogP contribution in [0.25, 0.3) is 0 Å². The van der Waals surface area contributed by atoms with Gasteiger partial charge >= 0.3 is 5.97 Å². The first-order valence-corrected chi connectivity index (χ1v) is 15.2. The summed E-state index contributed by atoms with van der Waals surface area (Å²) in [5, 5.41) is 0.0998. The molecule has 0 radical (unpaired) electrons. The van der Waals surface area contributed by atoms with Crippen molar-refractivity contribution in [3.63, 3.8) is 0 Å². The van der Waals surface area contributed by atoms with Crippen molar-refractivity contribution >= 4 is 14.3 Å². The molecule has 0 saturated carbocycles. The van der Waals surface area contributed by atoms with Crippen LogP contribution >= 0.6 is 0 Å². The molecule has 0 amide bonds. The predicted molar refractivity (Wildman–Crippen MR) is 136 cm³/mol. The van der Waals surface area contributed by atoms with Gasteiger partial charge in [-0.3, -0.25) is 4.79 Å². The lowest BCUT2D eigenvalue weighted by Gasteiger charge is -2.43. The second-order valence-electron chi connectivity index (χ2n) is 11.2. The number of rotatable bonds is 13. The fourth-order valence-electron chi connectivity index (χ4n) is 3.63. The van der Waals surface area contributed by atoms with Gasteiger partial charge in [0.2, 0.25) is 0 Å². The number of carbonyl (C=O) groups is 1. The zero-order chi connectivity index (χ0) is 24.5. The Balaban J connectivity index is 3.22. The van der Waals surface area contributed by atoms with E-state index in [1.807, 2.05) is 25.1 Å². The van der Waals surface area contributed by atoms with E-state index in [4.69, 9.17) is 13.9 Å². The molecule has 1 aromatic rings. The van der Waals surface area contributed by atoms with Crippen molar-refractivity contribution in [2.45, 2.75) is 105 Å². The largest absolute Gasteiger partial charge is 0.466 e. The van der Waals surface area contributed by atoms with Crippen molar-refractivity contribution < 1.29 is 18.7 Å². The molecule has 0 aromatic heterocycles. The van der Waals surface area contributed by atoms with Crippen molar-refractivity contribution in [1.82, 2.24) is 0 Å². The highest BCUT2D eigenvalue weighted by atomic mass is 28.4. The molecule has 0 heterocycles. The van der Waals surface area contributed by atoms with Crippen molar-refractivity contribution in [3.8, 4) is 0 Å². The van der Waals surface area contributed by atoms with E-state index in [0.717, 1.165) is 12.0 Å². The third kappa shape index (κ3) is 9.36. The lowest BCUT2D eigenvalue weighted by Crippen LogP contribution is -2.50. The summed E-state index contributed by atoms with van der Waals surface area (Å²) in [5.74, 6) is 0.356. The zero-order valence-corrected chi connectivity index (χ0v) is 23.2. The van der Waals surface area contributed by atoms with Crippen molar-refractivity contribution in [1.29, 1.82) is 0 Å². The number of benzene rings is 1. The molecule has 4 nitrogen and oxygen atoms in total. The summed E-state index contributed by atoms with van der Waals surface area (Å²) in [6.45, 7) is 22.8. The van der Waals surface area contributed by atoms with Crippen LogP contribution in [0.15, 0.2) is 30.3 Å². The molecule has 0 aliphatic heterocycles. The van der Waals surface area contributed by atoms with E-state index in [2.05, 4.69) is 73.7 Å². The van der Waals surface area contributed by atoms with Crippen molar-refractivity contribution in [2.24, 2.45) is 17.8 Å². The standard InChI is InChI=1S/C27H48O4Si/c1-11-29-26(28)23(17-20(2)3)18-24(30-19-22-15-13-12-14-16-22)25(21(4)5)31-32(9,10)27(6,7)8/h12-16,20-21,23-25H,11,17-19H2,1-10H3/t23-,24+,25+/m0/s1. The maximum absolute atomic E-state index is 12.8. The van der Waals surface area contributed by atoms with Crippen LogP contribution in [0.1, 0.15) is 73.8 Å². The zero-order valence-electron chi connectivity index (χ0n) is 22.2. The SMILES string of the molecule is CCOC(=O)[C@@H](CC(C)C)C[C@@H](OCc1ccccc1)[C@H](O[Si](C)(C)C(C)(C)C)C(C)C. The number of hydrogen-bond donors (Lipinski definition) is 0. The molecular weight excluding hydrogens is 416 g/mol. The first-order valence-electron chi connectivity index (χ1n) is 12.3. The quantitative estimate of drug-likeness (QED) is 0.228. The summed E-state index contributed by atoms with van der Waals surface area (Å²) >= 11 is 0. The van der Waals surface area contributed by atoms with E-state index in [9.17, 15) is 4.79 Å². The highest BCUT2D eigenvalue weighted by molar-refractivity contribution is 6.74. The van der Waals surface area contributed by atoms with E-state index in [0.29, 0.717) is 25.6 Å². The second kappa shape index (κ2) is 12.9. The smallest absolute Gasteiger partial charge is 0.309 e. The molecule has 0 unspecified atom stereocenters. The average molecular weight is 465 g/mol. The van der Waals surface area contributed by atoms with Gasteiger partial charge in [0, 0.05) is 0 Å². The molecule has 1 aromatic carbocycles. The van der Waals surface area contributed by atoms with Gasteiger partial charge in [-0.05, 0) is 55.3 Å². The normalized spacial score (nSPS) is 15.6. The van der Waals surface area contributed by atoms with E-state index in [1.54, 1.807) is 0 Å². The van der Waals surface area contributed by atoms with Crippen LogP contribution < -0.4 is 0 Å². The van der Waals surface area contributed by atoms with Crippen LogP contribution in [0.3, 0.4) is 0 Å². The molecule has 0 spiro atoms. The number of hydrogen-bond acceptors (Lipinski definition) is 4. The third-order valence-electron chi connectivity index (χ3n) is 6.46. The number of carbonyl (C=O) groups excluding carboxylic acids is 1. The Morgan fingerprint density at radius 1 is 1.00 bits per heavy atom. The third-order valence-corrected chi connectivity index (χ3v) is 10.9. The van der Waals surface area contributed by atoms with E-state index >= 15 is 0 Å². The Hall–Kier alpha value is -1.17. The van der Waals surface area contributed by atoms with Gasteiger partial charge in [-0.2, -0.15) is 0 Å². The minimum atomic E-state index is -2.02. The fourth-order valence-corrected chi connectivity index (χ4v) is 5.09. The van der Waals surface area contributed by atoms with E-state index in [1.165, 1.54) is 0 Å². The summed E-state index contributed by atoms with van der Waals surface area (Å²) in [6.07, 6.45) is 1.14. The lowest BCUT2D eigenvalue weighted by atomic mass is 9.88. The van der Waals surface area contributed by atoms with Gasteiger partial charge in [-0.1, -0.05) is 78.8 Å². The van der Waals surface area contributed by atoms with Gasteiger partial charge in [0.1, 0.15) is 0 Å². The lowest BCUT2D eigenvalue weighted by molar-refractivity contribution is -0.152. The summed E-state index contributed by atoms with van der Waals surface area (Å²) in [5.41, 5.74) is 1.13. The van der Waals surface area contributed by atoms with Crippen molar-refractivity contribution in [3.05, 3.63) is 35.9 Å². The van der Waals surface area contributed by atoms with Gasteiger partial charge < -0.3 is 13.9 Å². The molecule has 3 atom stereocenters. The number of ether oxygens (including phenoxy) is 2. The first kappa shape index (κ1) is 28.9. The van der Waals surface area contributed by atoms with Crippen molar-refractivity contribution in [2.75, 3.05) is 6.61 Å². The van der Waals surface area contributed by atoms with Crippen LogP contribution in [-0.4, -0.2) is 33.1 Å².